The number of carbonyl (C=O) groups is 1. The SMILES string of the molecule is COC(=O)c1cc2c(S(=O)(=O)Cl)ccc(OC)c2o1. The van der Waals surface area contributed by atoms with E-state index in [0.29, 0.717) is 0 Å². The van der Waals surface area contributed by atoms with E-state index in [1.807, 2.05) is 0 Å². The van der Waals surface area contributed by atoms with Crippen LogP contribution in [0, 0.1) is 0 Å². The first kappa shape index (κ1) is 13.7. The van der Waals surface area contributed by atoms with Gasteiger partial charge in [0.15, 0.2) is 11.3 Å². The van der Waals surface area contributed by atoms with Gasteiger partial charge in [-0.25, -0.2) is 13.2 Å². The molecule has 0 bridgehead atoms. The molecule has 2 aromatic rings. The summed E-state index contributed by atoms with van der Waals surface area (Å²) in [5, 5.41) is 0.162. The minimum Gasteiger partial charge on any atom is -0.493 e. The molecule has 0 amide bonds. The fourth-order valence-electron chi connectivity index (χ4n) is 1.65. The maximum atomic E-state index is 11.5. The molecular formula is C11H9ClO6S. The van der Waals surface area contributed by atoms with Crippen molar-refractivity contribution in [3.05, 3.63) is 24.0 Å². The van der Waals surface area contributed by atoms with Gasteiger partial charge < -0.3 is 13.9 Å². The number of ether oxygens (including phenoxy) is 2. The topological polar surface area (TPSA) is 82.8 Å². The second-order valence-corrected chi connectivity index (χ2v) is 6.08. The van der Waals surface area contributed by atoms with Gasteiger partial charge in [-0.2, -0.15) is 0 Å². The van der Waals surface area contributed by atoms with E-state index in [0.717, 1.165) is 0 Å². The third-order valence-corrected chi connectivity index (χ3v) is 3.86. The van der Waals surface area contributed by atoms with Crippen molar-refractivity contribution in [3.8, 4) is 5.75 Å². The minimum absolute atomic E-state index is 0.115. The van der Waals surface area contributed by atoms with Crippen molar-refractivity contribution >= 4 is 36.7 Å². The van der Waals surface area contributed by atoms with Crippen molar-refractivity contribution in [1.29, 1.82) is 0 Å². The van der Waals surface area contributed by atoms with E-state index in [4.69, 9.17) is 19.8 Å². The van der Waals surface area contributed by atoms with Crippen molar-refractivity contribution in [2.45, 2.75) is 4.90 Å². The molecule has 102 valence electrons. The van der Waals surface area contributed by atoms with Gasteiger partial charge in [-0.05, 0) is 12.1 Å². The average molecular weight is 305 g/mol. The Morgan fingerprint density at radius 1 is 1.32 bits per heavy atom. The van der Waals surface area contributed by atoms with Crippen molar-refractivity contribution < 1.29 is 27.1 Å². The zero-order chi connectivity index (χ0) is 14.2. The molecule has 0 saturated carbocycles. The van der Waals surface area contributed by atoms with Crippen molar-refractivity contribution in [3.63, 3.8) is 0 Å². The van der Waals surface area contributed by atoms with Gasteiger partial charge in [0.25, 0.3) is 9.05 Å². The van der Waals surface area contributed by atoms with Crippen LogP contribution in [0.1, 0.15) is 10.6 Å². The van der Waals surface area contributed by atoms with E-state index in [9.17, 15) is 13.2 Å². The molecule has 0 saturated heterocycles. The summed E-state index contributed by atoms with van der Waals surface area (Å²) in [7, 11) is 3.94. The highest BCUT2D eigenvalue weighted by Crippen LogP contribution is 2.35. The van der Waals surface area contributed by atoms with E-state index in [2.05, 4.69) is 4.74 Å². The average Bonchev–Trinajstić information content (AvgIpc) is 2.79. The molecule has 0 fully saturated rings. The van der Waals surface area contributed by atoms with Crippen LogP contribution in [0.15, 0.2) is 27.5 Å². The Bertz CT molecular complexity index is 746. The first-order valence-corrected chi connectivity index (χ1v) is 7.33. The third-order valence-electron chi connectivity index (χ3n) is 2.48. The van der Waals surface area contributed by atoms with Gasteiger partial charge >= 0.3 is 5.97 Å². The minimum atomic E-state index is -3.97. The van der Waals surface area contributed by atoms with Crippen LogP contribution in [-0.4, -0.2) is 28.6 Å². The maximum Gasteiger partial charge on any atom is 0.373 e. The van der Waals surface area contributed by atoms with Gasteiger partial charge in [0, 0.05) is 22.1 Å². The number of esters is 1. The Morgan fingerprint density at radius 2 is 2.00 bits per heavy atom. The lowest BCUT2D eigenvalue weighted by molar-refractivity contribution is 0.0567. The van der Waals surface area contributed by atoms with Crippen LogP contribution in [0.25, 0.3) is 11.0 Å². The molecular weight excluding hydrogens is 296 g/mol. The number of carbonyl (C=O) groups excluding carboxylic acids is 1. The van der Waals surface area contributed by atoms with E-state index >= 15 is 0 Å². The van der Waals surface area contributed by atoms with Crippen LogP contribution in [0.5, 0.6) is 5.75 Å². The summed E-state index contributed by atoms with van der Waals surface area (Å²) < 4.78 is 37.7. The molecule has 0 radical (unpaired) electrons. The van der Waals surface area contributed by atoms with Crippen LogP contribution in [-0.2, 0) is 13.8 Å². The standard InChI is InChI=1S/C11H9ClO6S/c1-16-7-3-4-9(19(12,14)15)6-5-8(11(13)17-2)18-10(6)7/h3-5H,1-2H3. The first-order valence-electron chi connectivity index (χ1n) is 5.02. The van der Waals surface area contributed by atoms with Gasteiger partial charge in [0.1, 0.15) is 0 Å². The second kappa shape index (κ2) is 4.75. The van der Waals surface area contributed by atoms with E-state index in [1.165, 1.54) is 32.4 Å². The highest BCUT2D eigenvalue weighted by atomic mass is 35.7. The van der Waals surface area contributed by atoms with Gasteiger partial charge in [-0.3, -0.25) is 0 Å². The summed E-state index contributed by atoms with van der Waals surface area (Å²) in [6, 6.07) is 3.92. The molecule has 0 N–H and O–H groups in total. The third kappa shape index (κ3) is 2.39. The number of benzene rings is 1. The van der Waals surface area contributed by atoms with E-state index in [1.54, 1.807) is 0 Å². The summed E-state index contributed by atoms with van der Waals surface area (Å²) in [5.74, 6) is -0.575. The normalized spacial score (nSPS) is 11.5. The Balaban J connectivity index is 2.82. The molecule has 19 heavy (non-hydrogen) atoms. The van der Waals surface area contributed by atoms with Gasteiger partial charge in [0.05, 0.1) is 19.1 Å². The fourth-order valence-corrected chi connectivity index (χ4v) is 2.70. The number of hydrogen-bond donors (Lipinski definition) is 0. The van der Waals surface area contributed by atoms with Crippen molar-refractivity contribution in [1.82, 2.24) is 0 Å². The molecule has 0 unspecified atom stereocenters. The van der Waals surface area contributed by atoms with Crippen LogP contribution < -0.4 is 4.74 Å². The lowest BCUT2D eigenvalue weighted by atomic mass is 10.2. The molecule has 0 spiro atoms. The summed E-state index contributed by atoms with van der Waals surface area (Å²) in [6.07, 6.45) is 0. The summed E-state index contributed by atoms with van der Waals surface area (Å²) >= 11 is 0. The zero-order valence-electron chi connectivity index (χ0n) is 9.97. The molecule has 2 rings (SSSR count). The molecule has 0 aliphatic carbocycles. The van der Waals surface area contributed by atoms with Crippen LogP contribution in [0.2, 0.25) is 0 Å². The number of halogens is 1. The Kier molecular flexibility index (Phi) is 3.42. The molecule has 8 heteroatoms. The van der Waals surface area contributed by atoms with E-state index in [-0.39, 0.29) is 27.4 Å². The smallest absolute Gasteiger partial charge is 0.373 e. The highest BCUT2D eigenvalue weighted by molar-refractivity contribution is 8.14. The molecule has 1 aromatic heterocycles. The second-order valence-electron chi connectivity index (χ2n) is 3.55. The Labute approximate surface area is 113 Å². The van der Waals surface area contributed by atoms with Gasteiger partial charge in [-0.1, -0.05) is 0 Å². The number of hydrogen-bond acceptors (Lipinski definition) is 6. The Hall–Kier alpha value is -1.73. The van der Waals surface area contributed by atoms with Crippen molar-refractivity contribution in [2.24, 2.45) is 0 Å². The highest BCUT2D eigenvalue weighted by Gasteiger charge is 2.22. The monoisotopic (exact) mass is 304 g/mol. The maximum absolute atomic E-state index is 11.5. The number of rotatable bonds is 3. The number of fused-ring (bicyclic) bond motifs is 1. The molecule has 1 aromatic carbocycles. The largest absolute Gasteiger partial charge is 0.493 e. The molecule has 1 heterocycles. The summed E-state index contributed by atoms with van der Waals surface area (Å²) in [6.45, 7) is 0. The number of methoxy groups -OCH3 is 2. The van der Waals surface area contributed by atoms with Crippen molar-refractivity contribution in [2.75, 3.05) is 14.2 Å². The van der Waals surface area contributed by atoms with Gasteiger partial charge in [0.2, 0.25) is 5.76 Å². The van der Waals surface area contributed by atoms with E-state index < -0.39 is 15.0 Å². The molecule has 0 aliphatic rings. The Morgan fingerprint density at radius 3 is 2.53 bits per heavy atom. The lowest BCUT2D eigenvalue weighted by Crippen LogP contribution is -1.98. The molecule has 0 aliphatic heterocycles. The molecule has 6 nitrogen and oxygen atoms in total. The van der Waals surface area contributed by atoms with Crippen LogP contribution in [0.3, 0.4) is 0 Å². The zero-order valence-corrected chi connectivity index (χ0v) is 11.5. The molecule has 0 atom stereocenters. The quantitative estimate of drug-likeness (QED) is 0.638. The van der Waals surface area contributed by atoms with Crippen LogP contribution >= 0.6 is 10.7 Å². The summed E-state index contributed by atoms with van der Waals surface area (Å²) in [4.78, 5) is 11.2. The number of furan rings is 1. The first-order chi connectivity index (χ1) is 8.88. The predicted octanol–water partition coefficient (Wildman–Crippen LogP) is 2.16. The lowest BCUT2D eigenvalue weighted by Gasteiger charge is -2.02. The fraction of sp³-hybridized carbons (Fsp3) is 0.182. The summed E-state index contributed by atoms with van der Waals surface area (Å²) in [5.41, 5.74) is 0.115. The van der Waals surface area contributed by atoms with Gasteiger partial charge in [-0.15, -0.1) is 0 Å². The van der Waals surface area contributed by atoms with Crippen LogP contribution in [0.4, 0.5) is 0 Å². The predicted molar refractivity (Wildman–Crippen MR) is 67.1 cm³/mol.